The fourth-order valence-corrected chi connectivity index (χ4v) is 1.49. The zero-order valence-electron chi connectivity index (χ0n) is 8.33. The van der Waals surface area contributed by atoms with Crippen LogP contribution >= 0.6 is 0 Å². The molecule has 1 saturated carbocycles. The van der Waals surface area contributed by atoms with Crippen LogP contribution in [-0.4, -0.2) is 23.7 Å². The van der Waals surface area contributed by atoms with Crippen molar-refractivity contribution < 1.29 is 9.90 Å². The number of nitrogens with one attached hydrogen (secondary N) is 1. The summed E-state index contributed by atoms with van der Waals surface area (Å²) in [5.74, 6) is 2.21. The number of carboxylic acid groups (broad SMARTS) is 1. The predicted octanol–water partition coefficient (Wildman–Crippen LogP) is 1.24. The second-order valence-electron chi connectivity index (χ2n) is 3.77. The number of rotatable bonds is 7. The van der Waals surface area contributed by atoms with Gasteiger partial charge in [0.2, 0.25) is 0 Å². The van der Waals surface area contributed by atoms with Crippen LogP contribution in [0.25, 0.3) is 0 Å². The Bertz CT molecular complexity index is 228. The van der Waals surface area contributed by atoms with E-state index < -0.39 is 5.97 Å². The Balaban J connectivity index is 2.08. The molecule has 1 aliphatic carbocycles. The van der Waals surface area contributed by atoms with Gasteiger partial charge < -0.3 is 10.4 Å². The van der Waals surface area contributed by atoms with Crippen LogP contribution in [0, 0.1) is 18.3 Å². The largest absolute Gasteiger partial charge is 0.480 e. The highest BCUT2D eigenvalue weighted by molar-refractivity contribution is 5.74. The Morgan fingerprint density at radius 2 is 2.29 bits per heavy atom. The van der Waals surface area contributed by atoms with Crippen molar-refractivity contribution in [2.45, 2.75) is 38.1 Å². The maximum Gasteiger partial charge on any atom is 0.320 e. The lowest BCUT2D eigenvalue weighted by Gasteiger charge is -2.12. The third-order valence-corrected chi connectivity index (χ3v) is 2.47. The van der Waals surface area contributed by atoms with E-state index in [4.69, 9.17) is 11.5 Å². The average molecular weight is 195 g/mol. The van der Waals surface area contributed by atoms with Crippen LogP contribution < -0.4 is 5.32 Å². The molecule has 78 valence electrons. The summed E-state index contributed by atoms with van der Waals surface area (Å²) < 4.78 is 0. The zero-order valence-corrected chi connectivity index (χ0v) is 8.33. The Morgan fingerprint density at radius 3 is 2.79 bits per heavy atom. The van der Waals surface area contributed by atoms with Gasteiger partial charge in [0.15, 0.2) is 0 Å². The SMILES string of the molecule is C#CCCCCNC(C(=O)O)C1CC1. The summed E-state index contributed by atoms with van der Waals surface area (Å²) in [6.45, 7) is 0.759. The van der Waals surface area contributed by atoms with Gasteiger partial charge in [0, 0.05) is 6.42 Å². The Labute approximate surface area is 84.9 Å². The van der Waals surface area contributed by atoms with E-state index in [2.05, 4.69) is 11.2 Å². The van der Waals surface area contributed by atoms with Crippen LogP contribution in [0.15, 0.2) is 0 Å². The van der Waals surface area contributed by atoms with Crippen LogP contribution in [0.3, 0.4) is 0 Å². The molecule has 0 aromatic rings. The average Bonchev–Trinajstić information content (AvgIpc) is 2.94. The third kappa shape index (κ3) is 3.80. The molecular formula is C11H17NO2. The molecule has 3 nitrogen and oxygen atoms in total. The monoisotopic (exact) mass is 195 g/mol. The summed E-state index contributed by atoms with van der Waals surface area (Å²) in [4.78, 5) is 10.8. The van der Waals surface area contributed by atoms with Crippen molar-refractivity contribution in [2.75, 3.05) is 6.54 Å². The minimum Gasteiger partial charge on any atom is -0.480 e. The molecule has 1 aliphatic rings. The van der Waals surface area contributed by atoms with Gasteiger partial charge in [-0.05, 0) is 38.1 Å². The Morgan fingerprint density at radius 1 is 1.57 bits per heavy atom. The molecule has 0 radical (unpaired) electrons. The van der Waals surface area contributed by atoms with E-state index in [-0.39, 0.29) is 6.04 Å². The maximum atomic E-state index is 10.8. The van der Waals surface area contributed by atoms with Crippen molar-refractivity contribution >= 4 is 5.97 Å². The summed E-state index contributed by atoms with van der Waals surface area (Å²) in [6.07, 6.45) is 9.92. The van der Waals surface area contributed by atoms with Gasteiger partial charge >= 0.3 is 5.97 Å². The molecule has 0 aromatic heterocycles. The van der Waals surface area contributed by atoms with Gasteiger partial charge in [0.1, 0.15) is 6.04 Å². The van der Waals surface area contributed by atoms with Gasteiger partial charge in [0.05, 0.1) is 0 Å². The zero-order chi connectivity index (χ0) is 10.4. The first kappa shape index (κ1) is 11.1. The van der Waals surface area contributed by atoms with Crippen molar-refractivity contribution in [1.29, 1.82) is 0 Å². The quantitative estimate of drug-likeness (QED) is 0.474. The Hall–Kier alpha value is -1.01. The number of carbonyl (C=O) groups is 1. The summed E-state index contributed by atoms with van der Waals surface area (Å²) in [5.41, 5.74) is 0. The van der Waals surface area contributed by atoms with E-state index in [0.29, 0.717) is 5.92 Å². The second kappa shape index (κ2) is 5.66. The van der Waals surface area contributed by atoms with Crippen LogP contribution in [0.4, 0.5) is 0 Å². The molecule has 0 aromatic carbocycles. The standard InChI is InChI=1S/C11H17NO2/c1-2-3-4-5-8-12-10(11(13)14)9-6-7-9/h1,9-10,12H,3-8H2,(H,13,14). The van der Waals surface area contributed by atoms with Crippen LogP contribution in [0.1, 0.15) is 32.1 Å². The number of hydrogen-bond acceptors (Lipinski definition) is 2. The van der Waals surface area contributed by atoms with Crippen LogP contribution in [0.2, 0.25) is 0 Å². The minimum atomic E-state index is -0.718. The third-order valence-electron chi connectivity index (χ3n) is 2.47. The Kier molecular flexibility index (Phi) is 4.48. The van der Waals surface area contributed by atoms with E-state index in [9.17, 15) is 4.79 Å². The van der Waals surface area contributed by atoms with Gasteiger partial charge in [-0.2, -0.15) is 0 Å². The summed E-state index contributed by atoms with van der Waals surface area (Å²) in [7, 11) is 0. The molecule has 1 rings (SSSR count). The first-order chi connectivity index (χ1) is 6.75. The number of aliphatic carboxylic acids is 1. The molecule has 0 bridgehead atoms. The first-order valence-electron chi connectivity index (χ1n) is 5.15. The molecule has 0 amide bonds. The lowest BCUT2D eigenvalue weighted by atomic mass is 10.1. The van der Waals surface area contributed by atoms with Gasteiger partial charge in [-0.3, -0.25) is 4.79 Å². The summed E-state index contributed by atoms with van der Waals surface area (Å²) in [6, 6.07) is -0.333. The van der Waals surface area contributed by atoms with Crippen molar-refractivity contribution in [3.63, 3.8) is 0 Å². The summed E-state index contributed by atoms with van der Waals surface area (Å²) in [5, 5.41) is 12.0. The highest BCUT2D eigenvalue weighted by Gasteiger charge is 2.35. The molecule has 1 fully saturated rings. The van der Waals surface area contributed by atoms with Crippen molar-refractivity contribution in [1.82, 2.24) is 5.32 Å². The fourth-order valence-electron chi connectivity index (χ4n) is 1.49. The van der Waals surface area contributed by atoms with Crippen molar-refractivity contribution in [3.05, 3.63) is 0 Å². The van der Waals surface area contributed by atoms with Crippen LogP contribution in [0.5, 0.6) is 0 Å². The van der Waals surface area contributed by atoms with Crippen LogP contribution in [-0.2, 0) is 4.79 Å². The molecule has 1 unspecified atom stereocenters. The molecule has 1 atom stereocenters. The summed E-state index contributed by atoms with van der Waals surface area (Å²) >= 11 is 0. The number of hydrogen-bond donors (Lipinski definition) is 2. The smallest absolute Gasteiger partial charge is 0.320 e. The number of unbranched alkanes of at least 4 members (excludes halogenated alkanes) is 2. The highest BCUT2D eigenvalue weighted by Crippen LogP contribution is 2.32. The highest BCUT2D eigenvalue weighted by atomic mass is 16.4. The van der Waals surface area contributed by atoms with E-state index >= 15 is 0 Å². The minimum absolute atomic E-state index is 0.333. The number of carboxylic acids is 1. The number of terminal acetylenes is 1. The topological polar surface area (TPSA) is 49.3 Å². The van der Waals surface area contributed by atoms with E-state index in [1.165, 1.54) is 0 Å². The van der Waals surface area contributed by atoms with Gasteiger partial charge in [-0.25, -0.2) is 0 Å². The van der Waals surface area contributed by atoms with Gasteiger partial charge in [0.25, 0.3) is 0 Å². The maximum absolute atomic E-state index is 10.8. The molecule has 0 aliphatic heterocycles. The van der Waals surface area contributed by atoms with E-state index in [1.54, 1.807) is 0 Å². The molecule has 0 saturated heterocycles. The lowest BCUT2D eigenvalue weighted by molar-refractivity contribution is -0.140. The fraction of sp³-hybridized carbons (Fsp3) is 0.727. The van der Waals surface area contributed by atoms with Gasteiger partial charge in [-0.1, -0.05) is 0 Å². The molecule has 14 heavy (non-hydrogen) atoms. The normalized spacial score (nSPS) is 17.4. The molecule has 3 heteroatoms. The van der Waals surface area contributed by atoms with Crippen molar-refractivity contribution in [3.8, 4) is 12.3 Å². The molecule has 0 spiro atoms. The molecule has 2 N–H and O–H groups in total. The second-order valence-corrected chi connectivity index (χ2v) is 3.77. The van der Waals surface area contributed by atoms with E-state index in [0.717, 1.165) is 38.6 Å². The lowest BCUT2D eigenvalue weighted by Crippen LogP contribution is -2.39. The van der Waals surface area contributed by atoms with Gasteiger partial charge in [-0.15, -0.1) is 12.3 Å². The predicted molar refractivity (Wildman–Crippen MR) is 54.8 cm³/mol. The molecule has 0 heterocycles. The van der Waals surface area contributed by atoms with Crippen molar-refractivity contribution in [2.24, 2.45) is 5.92 Å². The molecular weight excluding hydrogens is 178 g/mol. The van der Waals surface area contributed by atoms with E-state index in [1.807, 2.05) is 0 Å². The first-order valence-corrected chi connectivity index (χ1v) is 5.15.